The van der Waals surface area contributed by atoms with Crippen LogP contribution in [-0.2, 0) is 4.74 Å². The predicted octanol–water partition coefficient (Wildman–Crippen LogP) is 2.53. The van der Waals surface area contributed by atoms with Crippen molar-refractivity contribution in [1.29, 1.82) is 0 Å². The highest BCUT2D eigenvalue weighted by molar-refractivity contribution is 4.92. The van der Waals surface area contributed by atoms with E-state index in [0.29, 0.717) is 6.10 Å². The maximum atomic E-state index is 5.54. The number of methoxy groups -OCH3 is 1. The molecule has 1 saturated heterocycles. The van der Waals surface area contributed by atoms with Gasteiger partial charge in [-0.1, -0.05) is 13.8 Å². The predicted molar refractivity (Wildman–Crippen MR) is 60.5 cm³/mol. The SMILES string of the molecule is CO[C@H]1CCN(C(C)(C)C)CC1(C)C. The fourth-order valence-electron chi connectivity index (χ4n) is 2.35. The zero-order valence-electron chi connectivity index (χ0n) is 10.6. The molecule has 2 nitrogen and oxygen atoms in total. The van der Waals surface area contributed by atoms with Gasteiger partial charge in [-0.2, -0.15) is 0 Å². The van der Waals surface area contributed by atoms with Gasteiger partial charge in [0, 0.05) is 31.2 Å². The van der Waals surface area contributed by atoms with Gasteiger partial charge in [0.15, 0.2) is 0 Å². The summed E-state index contributed by atoms with van der Waals surface area (Å²) in [7, 11) is 1.83. The molecule has 1 heterocycles. The first kappa shape index (κ1) is 12.0. The van der Waals surface area contributed by atoms with Crippen LogP contribution in [0.25, 0.3) is 0 Å². The maximum absolute atomic E-state index is 5.54. The third-order valence-electron chi connectivity index (χ3n) is 3.36. The number of likely N-dealkylation sites (tertiary alicyclic amines) is 1. The third kappa shape index (κ3) is 2.48. The number of ether oxygens (including phenoxy) is 1. The number of rotatable bonds is 1. The van der Waals surface area contributed by atoms with Crippen molar-refractivity contribution in [3.05, 3.63) is 0 Å². The molecule has 0 aliphatic carbocycles. The molecule has 0 aromatic rings. The Morgan fingerprint density at radius 3 is 2.21 bits per heavy atom. The van der Waals surface area contributed by atoms with Crippen LogP contribution in [0.3, 0.4) is 0 Å². The van der Waals surface area contributed by atoms with E-state index in [1.54, 1.807) is 0 Å². The molecule has 0 N–H and O–H groups in total. The summed E-state index contributed by atoms with van der Waals surface area (Å²) in [5.41, 5.74) is 0.566. The normalized spacial score (nSPS) is 29.1. The van der Waals surface area contributed by atoms with E-state index in [9.17, 15) is 0 Å². The summed E-state index contributed by atoms with van der Waals surface area (Å²) in [4.78, 5) is 2.56. The Balaban J connectivity index is 2.67. The van der Waals surface area contributed by atoms with Gasteiger partial charge in [0.2, 0.25) is 0 Å². The van der Waals surface area contributed by atoms with Crippen LogP contribution >= 0.6 is 0 Å². The molecule has 0 aromatic carbocycles. The van der Waals surface area contributed by atoms with Gasteiger partial charge in [-0.15, -0.1) is 0 Å². The van der Waals surface area contributed by atoms with E-state index in [4.69, 9.17) is 4.74 Å². The highest BCUT2D eigenvalue weighted by Crippen LogP contribution is 2.34. The largest absolute Gasteiger partial charge is 0.381 e. The van der Waals surface area contributed by atoms with Crippen molar-refractivity contribution in [2.24, 2.45) is 5.41 Å². The van der Waals surface area contributed by atoms with Crippen molar-refractivity contribution in [3.63, 3.8) is 0 Å². The van der Waals surface area contributed by atoms with Crippen molar-refractivity contribution in [2.45, 2.75) is 52.7 Å². The van der Waals surface area contributed by atoms with Crippen molar-refractivity contribution < 1.29 is 4.74 Å². The average Bonchev–Trinajstić information content (AvgIpc) is 2.00. The van der Waals surface area contributed by atoms with E-state index in [1.165, 1.54) is 0 Å². The van der Waals surface area contributed by atoms with Crippen molar-refractivity contribution in [2.75, 3.05) is 20.2 Å². The molecule has 0 saturated carbocycles. The summed E-state index contributed by atoms with van der Waals surface area (Å²) in [5, 5.41) is 0. The standard InChI is InChI=1S/C12H25NO/c1-11(2,3)13-8-7-10(14-6)12(4,5)9-13/h10H,7-9H2,1-6H3/t10-/m0/s1. The second-order valence-corrected chi connectivity index (χ2v) is 6.09. The van der Waals surface area contributed by atoms with E-state index in [-0.39, 0.29) is 11.0 Å². The second kappa shape index (κ2) is 3.82. The lowest BCUT2D eigenvalue weighted by molar-refractivity contribution is -0.0725. The minimum Gasteiger partial charge on any atom is -0.381 e. The quantitative estimate of drug-likeness (QED) is 0.643. The number of nitrogens with zero attached hydrogens (tertiary/aromatic N) is 1. The topological polar surface area (TPSA) is 12.5 Å². The molecule has 0 unspecified atom stereocenters. The van der Waals surface area contributed by atoms with Gasteiger partial charge in [0.25, 0.3) is 0 Å². The van der Waals surface area contributed by atoms with Crippen LogP contribution in [0.2, 0.25) is 0 Å². The molecule has 1 aliphatic heterocycles. The average molecular weight is 199 g/mol. The van der Waals surface area contributed by atoms with E-state index in [0.717, 1.165) is 19.5 Å². The molecule has 1 fully saturated rings. The zero-order valence-corrected chi connectivity index (χ0v) is 10.6. The second-order valence-electron chi connectivity index (χ2n) is 6.09. The third-order valence-corrected chi connectivity index (χ3v) is 3.36. The van der Waals surface area contributed by atoms with Crippen LogP contribution in [-0.4, -0.2) is 36.7 Å². The van der Waals surface area contributed by atoms with Crippen molar-refractivity contribution in [3.8, 4) is 0 Å². The Kier molecular flexibility index (Phi) is 3.27. The summed E-state index contributed by atoms with van der Waals surface area (Å²) in [6, 6.07) is 0. The molecule has 1 aliphatic rings. The van der Waals surface area contributed by atoms with Crippen LogP contribution in [0.5, 0.6) is 0 Å². The van der Waals surface area contributed by atoms with E-state index in [1.807, 2.05) is 7.11 Å². The Morgan fingerprint density at radius 2 is 1.86 bits per heavy atom. The summed E-state index contributed by atoms with van der Waals surface area (Å²) < 4.78 is 5.54. The van der Waals surface area contributed by atoms with Crippen LogP contribution in [0.4, 0.5) is 0 Å². The first-order valence-electron chi connectivity index (χ1n) is 5.55. The van der Waals surface area contributed by atoms with E-state index < -0.39 is 0 Å². The van der Waals surface area contributed by atoms with Crippen LogP contribution in [0.1, 0.15) is 41.0 Å². The molecule has 2 heteroatoms. The zero-order chi connectivity index (χ0) is 11.0. The highest BCUT2D eigenvalue weighted by Gasteiger charge is 2.39. The number of hydrogen-bond donors (Lipinski definition) is 0. The Hall–Kier alpha value is -0.0800. The molecule has 0 bridgehead atoms. The lowest BCUT2D eigenvalue weighted by atomic mass is 9.79. The molecule has 84 valence electrons. The smallest absolute Gasteiger partial charge is 0.0646 e. The Bertz CT molecular complexity index is 193. The summed E-state index contributed by atoms with van der Waals surface area (Å²) in [6.45, 7) is 13.8. The van der Waals surface area contributed by atoms with Gasteiger partial charge in [0.05, 0.1) is 6.10 Å². The monoisotopic (exact) mass is 199 g/mol. The minimum atomic E-state index is 0.278. The van der Waals surface area contributed by atoms with Crippen LogP contribution in [0.15, 0.2) is 0 Å². The van der Waals surface area contributed by atoms with Gasteiger partial charge in [-0.05, 0) is 27.2 Å². The molecule has 0 radical (unpaired) electrons. The summed E-state index contributed by atoms with van der Waals surface area (Å²) in [6.07, 6.45) is 1.57. The molecular weight excluding hydrogens is 174 g/mol. The Morgan fingerprint density at radius 1 is 1.29 bits per heavy atom. The van der Waals surface area contributed by atoms with Gasteiger partial charge in [-0.25, -0.2) is 0 Å². The molecule has 14 heavy (non-hydrogen) atoms. The lowest BCUT2D eigenvalue weighted by Gasteiger charge is -2.48. The van der Waals surface area contributed by atoms with Gasteiger partial charge in [-0.3, -0.25) is 4.90 Å². The van der Waals surface area contributed by atoms with E-state index >= 15 is 0 Å². The molecule has 0 amide bonds. The van der Waals surface area contributed by atoms with Gasteiger partial charge < -0.3 is 4.74 Å². The van der Waals surface area contributed by atoms with Crippen LogP contribution in [0, 0.1) is 5.41 Å². The minimum absolute atomic E-state index is 0.278. The highest BCUT2D eigenvalue weighted by atomic mass is 16.5. The fraction of sp³-hybridized carbons (Fsp3) is 1.00. The molecular formula is C12H25NO. The molecule has 0 aromatic heterocycles. The summed E-state index contributed by atoms with van der Waals surface area (Å²) >= 11 is 0. The molecule has 1 rings (SSSR count). The first-order chi connectivity index (χ1) is 6.27. The lowest BCUT2D eigenvalue weighted by Crippen LogP contribution is -2.55. The van der Waals surface area contributed by atoms with Gasteiger partial charge >= 0.3 is 0 Å². The van der Waals surface area contributed by atoms with Crippen molar-refractivity contribution >= 4 is 0 Å². The van der Waals surface area contributed by atoms with Gasteiger partial charge in [0.1, 0.15) is 0 Å². The fourth-order valence-corrected chi connectivity index (χ4v) is 2.35. The van der Waals surface area contributed by atoms with Crippen molar-refractivity contribution in [1.82, 2.24) is 4.90 Å². The van der Waals surface area contributed by atoms with E-state index in [2.05, 4.69) is 39.5 Å². The maximum Gasteiger partial charge on any atom is 0.0646 e. The molecule has 1 atom stereocenters. The summed E-state index contributed by atoms with van der Waals surface area (Å²) in [5.74, 6) is 0. The Labute approximate surface area is 88.6 Å². The first-order valence-corrected chi connectivity index (χ1v) is 5.55. The van der Waals surface area contributed by atoms with Crippen LogP contribution < -0.4 is 0 Å². The number of hydrogen-bond acceptors (Lipinski definition) is 2. The number of piperidine rings is 1. The molecule has 0 spiro atoms.